The number of nitrogens with zero attached hydrogens (tertiary/aromatic N) is 2. The van der Waals surface area contributed by atoms with Crippen LogP contribution in [0.1, 0.15) is 5.56 Å². The van der Waals surface area contributed by atoms with Gasteiger partial charge in [-0.25, -0.2) is 5.10 Å². The van der Waals surface area contributed by atoms with Crippen LogP contribution in [0.3, 0.4) is 0 Å². The average molecular weight is 372 g/mol. The molecule has 0 saturated carbocycles. The molecule has 0 bridgehead atoms. The molecule has 0 radical (unpaired) electrons. The molecule has 0 aliphatic heterocycles. The van der Waals surface area contributed by atoms with Crippen LogP contribution in [0, 0.1) is 0 Å². The second-order valence-electron chi connectivity index (χ2n) is 3.35. The minimum Gasteiger partial charge on any atom is -0.275 e. The first kappa shape index (κ1) is 13.0. The first-order valence-electron chi connectivity index (χ1n) is 4.94. The minimum atomic E-state index is -0.307. The first-order chi connectivity index (χ1) is 8.66. The van der Waals surface area contributed by atoms with Crippen LogP contribution in [-0.2, 0) is 0 Å². The molecule has 0 amide bonds. The van der Waals surface area contributed by atoms with Crippen LogP contribution < -0.4 is 11.0 Å². The fourth-order valence-electron chi connectivity index (χ4n) is 1.19. The molecular weight excluding hydrogens is 364 g/mol. The van der Waals surface area contributed by atoms with Crippen molar-refractivity contribution in [1.82, 2.24) is 10.2 Å². The van der Waals surface area contributed by atoms with E-state index in [4.69, 9.17) is 0 Å². The minimum absolute atomic E-state index is 0.307. The average Bonchev–Trinajstić information content (AvgIpc) is 2.37. The Bertz CT molecular complexity index is 622. The smallest absolute Gasteiger partial charge is 0.275 e. The number of hydrogen-bond acceptors (Lipinski definition) is 4. The highest BCUT2D eigenvalue weighted by molar-refractivity contribution is 9.10. The molecule has 1 aromatic heterocycles. The summed E-state index contributed by atoms with van der Waals surface area (Å²) in [6, 6.07) is 7.68. The van der Waals surface area contributed by atoms with Crippen LogP contribution in [0.15, 0.2) is 49.3 Å². The Morgan fingerprint density at radius 1 is 1.28 bits per heavy atom. The van der Waals surface area contributed by atoms with Gasteiger partial charge >= 0.3 is 0 Å². The Morgan fingerprint density at radius 3 is 2.72 bits per heavy atom. The highest BCUT2D eigenvalue weighted by Crippen LogP contribution is 2.15. The molecule has 0 unspecified atom stereocenters. The Hall–Kier alpha value is -1.47. The summed E-state index contributed by atoms with van der Waals surface area (Å²) in [5.41, 5.74) is 3.89. The molecule has 0 atom stereocenters. The number of aromatic amines is 1. The van der Waals surface area contributed by atoms with Crippen molar-refractivity contribution in [2.24, 2.45) is 5.10 Å². The van der Waals surface area contributed by atoms with Crippen molar-refractivity contribution in [3.63, 3.8) is 0 Å². The zero-order valence-corrected chi connectivity index (χ0v) is 12.2. The summed E-state index contributed by atoms with van der Waals surface area (Å²) < 4.78 is 1.37. The lowest BCUT2D eigenvalue weighted by atomic mass is 10.2. The third-order valence-electron chi connectivity index (χ3n) is 2.06. The van der Waals surface area contributed by atoms with Gasteiger partial charge in [0.1, 0.15) is 4.47 Å². The van der Waals surface area contributed by atoms with Gasteiger partial charge in [0.05, 0.1) is 18.1 Å². The number of H-pyrrole nitrogens is 1. The van der Waals surface area contributed by atoms with Gasteiger partial charge in [-0.15, -0.1) is 0 Å². The van der Waals surface area contributed by atoms with Gasteiger partial charge in [0.25, 0.3) is 5.56 Å². The molecule has 7 heteroatoms. The number of aromatic nitrogens is 2. The summed E-state index contributed by atoms with van der Waals surface area (Å²) in [5, 5.41) is 10.0. The van der Waals surface area contributed by atoms with E-state index in [0.29, 0.717) is 10.2 Å². The highest BCUT2D eigenvalue weighted by Gasteiger charge is 2.02. The topological polar surface area (TPSA) is 70.1 Å². The molecule has 0 saturated heterocycles. The summed E-state index contributed by atoms with van der Waals surface area (Å²) in [7, 11) is 0. The quantitative estimate of drug-likeness (QED) is 0.643. The summed E-state index contributed by atoms with van der Waals surface area (Å²) in [6.07, 6.45) is 3.13. The standard InChI is InChI=1S/C11H8Br2N4O/c12-8-3-1-7(2-4-8)5-14-16-9-6-15-17-11(18)10(9)13/h1-6H,(H2,16,17,18)/b14-5-. The van der Waals surface area contributed by atoms with Crippen LogP contribution in [0.2, 0.25) is 0 Å². The maximum absolute atomic E-state index is 11.2. The number of anilines is 1. The molecule has 5 nitrogen and oxygen atoms in total. The van der Waals surface area contributed by atoms with Crippen LogP contribution in [0.5, 0.6) is 0 Å². The predicted octanol–water partition coefficient (Wildman–Crippen LogP) is 2.74. The molecule has 2 aromatic rings. The van der Waals surface area contributed by atoms with Crippen LogP contribution >= 0.6 is 31.9 Å². The van der Waals surface area contributed by atoms with E-state index in [1.54, 1.807) is 6.21 Å². The van der Waals surface area contributed by atoms with Crippen molar-refractivity contribution >= 4 is 43.8 Å². The zero-order chi connectivity index (χ0) is 13.0. The fourth-order valence-corrected chi connectivity index (χ4v) is 1.73. The van der Waals surface area contributed by atoms with Gasteiger partial charge in [-0.2, -0.15) is 10.2 Å². The maximum Gasteiger partial charge on any atom is 0.280 e. The fraction of sp³-hybridized carbons (Fsp3) is 0. The number of halogens is 2. The second-order valence-corrected chi connectivity index (χ2v) is 5.06. The van der Waals surface area contributed by atoms with Gasteiger partial charge < -0.3 is 0 Å². The Kier molecular flexibility index (Phi) is 4.27. The third kappa shape index (κ3) is 3.27. The number of benzene rings is 1. The molecule has 18 heavy (non-hydrogen) atoms. The van der Waals surface area contributed by atoms with Gasteiger partial charge in [0.15, 0.2) is 0 Å². The Balaban J connectivity index is 2.09. The molecule has 0 spiro atoms. The van der Waals surface area contributed by atoms with E-state index in [9.17, 15) is 4.79 Å². The summed E-state index contributed by atoms with van der Waals surface area (Å²) >= 11 is 6.50. The second kappa shape index (κ2) is 5.92. The lowest BCUT2D eigenvalue weighted by Gasteiger charge is -2.00. The van der Waals surface area contributed by atoms with E-state index < -0.39 is 0 Å². The van der Waals surface area contributed by atoms with E-state index in [2.05, 4.69) is 52.6 Å². The summed E-state index contributed by atoms with van der Waals surface area (Å²) in [6.45, 7) is 0. The molecule has 2 N–H and O–H groups in total. The van der Waals surface area contributed by atoms with Crippen molar-refractivity contribution in [1.29, 1.82) is 0 Å². The maximum atomic E-state index is 11.2. The van der Waals surface area contributed by atoms with Gasteiger partial charge in [-0.1, -0.05) is 28.1 Å². The molecule has 1 heterocycles. The predicted molar refractivity (Wildman–Crippen MR) is 77.9 cm³/mol. The van der Waals surface area contributed by atoms with E-state index >= 15 is 0 Å². The Labute approximate surface area is 120 Å². The SMILES string of the molecule is O=c1[nH]ncc(N/N=C\c2ccc(Br)cc2)c1Br. The molecule has 0 fully saturated rings. The van der Waals surface area contributed by atoms with Gasteiger partial charge in [-0.3, -0.25) is 10.2 Å². The normalized spacial score (nSPS) is 10.8. The van der Waals surface area contributed by atoms with E-state index in [0.717, 1.165) is 10.0 Å². The lowest BCUT2D eigenvalue weighted by molar-refractivity contribution is 0.977. The molecule has 1 aromatic carbocycles. The molecular formula is C11H8Br2N4O. The zero-order valence-electron chi connectivity index (χ0n) is 9.02. The van der Waals surface area contributed by atoms with Crippen molar-refractivity contribution in [2.45, 2.75) is 0 Å². The summed E-state index contributed by atoms with van der Waals surface area (Å²) in [4.78, 5) is 11.2. The number of hydrazone groups is 1. The van der Waals surface area contributed by atoms with Crippen LogP contribution in [0.4, 0.5) is 5.69 Å². The van der Waals surface area contributed by atoms with E-state index in [-0.39, 0.29) is 5.56 Å². The van der Waals surface area contributed by atoms with Gasteiger partial charge in [-0.05, 0) is 33.6 Å². The largest absolute Gasteiger partial charge is 0.280 e. The van der Waals surface area contributed by atoms with Crippen molar-refractivity contribution < 1.29 is 0 Å². The number of hydrogen-bond donors (Lipinski definition) is 2. The van der Waals surface area contributed by atoms with Gasteiger partial charge in [0.2, 0.25) is 0 Å². The first-order valence-corrected chi connectivity index (χ1v) is 6.53. The molecule has 2 rings (SSSR count). The van der Waals surface area contributed by atoms with Crippen molar-refractivity contribution in [3.05, 3.63) is 55.3 Å². The van der Waals surface area contributed by atoms with Crippen molar-refractivity contribution in [2.75, 3.05) is 5.43 Å². The monoisotopic (exact) mass is 370 g/mol. The summed E-state index contributed by atoms with van der Waals surface area (Å²) in [5.74, 6) is 0. The van der Waals surface area contributed by atoms with Crippen LogP contribution in [0.25, 0.3) is 0 Å². The third-order valence-corrected chi connectivity index (χ3v) is 3.38. The number of rotatable bonds is 3. The molecule has 0 aliphatic carbocycles. The lowest BCUT2D eigenvalue weighted by Crippen LogP contribution is -2.10. The molecule has 92 valence electrons. The number of nitrogens with one attached hydrogen (secondary N) is 2. The van der Waals surface area contributed by atoms with Gasteiger partial charge in [0, 0.05) is 4.47 Å². The molecule has 0 aliphatic rings. The van der Waals surface area contributed by atoms with Crippen LogP contribution in [-0.4, -0.2) is 16.4 Å². The van der Waals surface area contributed by atoms with E-state index in [1.807, 2.05) is 24.3 Å². The van der Waals surface area contributed by atoms with Crippen molar-refractivity contribution in [3.8, 4) is 0 Å². The highest BCUT2D eigenvalue weighted by atomic mass is 79.9. The Morgan fingerprint density at radius 2 is 2.00 bits per heavy atom. The van der Waals surface area contributed by atoms with E-state index in [1.165, 1.54) is 6.20 Å².